The third kappa shape index (κ3) is 3.78. The van der Waals surface area contributed by atoms with Crippen molar-refractivity contribution in [1.29, 1.82) is 0 Å². The third-order valence-corrected chi connectivity index (χ3v) is 4.29. The summed E-state index contributed by atoms with van der Waals surface area (Å²) < 4.78 is 13.5. The quantitative estimate of drug-likeness (QED) is 0.870. The molecule has 0 aromatic heterocycles. The lowest BCUT2D eigenvalue weighted by Gasteiger charge is -2.19. The molecule has 0 bridgehead atoms. The van der Waals surface area contributed by atoms with Gasteiger partial charge < -0.3 is 15.1 Å². The first-order valence-corrected chi connectivity index (χ1v) is 7.32. The molecule has 1 aromatic rings. The molecule has 0 spiro atoms. The van der Waals surface area contributed by atoms with E-state index in [9.17, 15) is 14.6 Å². The van der Waals surface area contributed by atoms with Crippen molar-refractivity contribution in [3.05, 3.63) is 35.1 Å². The zero-order valence-electron chi connectivity index (χ0n) is 12.2. The van der Waals surface area contributed by atoms with Crippen LogP contribution in [0.3, 0.4) is 0 Å². The second-order valence-corrected chi connectivity index (χ2v) is 5.90. The number of likely N-dealkylation sites (tertiary alicyclic amines) is 1. The molecule has 1 aromatic carbocycles. The van der Waals surface area contributed by atoms with Crippen LogP contribution in [0.1, 0.15) is 37.0 Å². The molecule has 20 heavy (non-hydrogen) atoms. The van der Waals surface area contributed by atoms with Gasteiger partial charge in [-0.15, -0.1) is 0 Å². The van der Waals surface area contributed by atoms with Gasteiger partial charge >= 0.3 is 0 Å². The molecule has 0 aliphatic carbocycles. The largest absolute Gasteiger partial charge is 0.393 e. The first-order chi connectivity index (χ1) is 9.47. The van der Waals surface area contributed by atoms with Crippen molar-refractivity contribution in [3.63, 3.8) is 0 Å². The minimum atomic E-state index is -0.629. The van der Waals surface area contributed by atoms with Gasteiger partial charge in [0.25, 0.3) is 0 Å². The van der Waals surface area contributed by atoms with E-state index < -0.39 is 6.10 Å². The predicted molar refractivity (Wildman–Crippen MR) is 76.9 cm³/mol. The van der Waals surface area contributed by atoms with E-state index in [0.29, 0.717) is 23.5 Å². The number of rotatable bonds is 5. The van der Waals surface area contributed by atoms with Crippen LogP contribution in [0.15, 0.2) is 18.2 Å². The second kappa shape index (κ2) is 6.66. The van der Waals surface area contributed by atoms with E-state index in [-0.39, 0.29) is 11.9 Å². The highest BCUT2D eigenvalue weighted by Crippen LogP contribution is 2.23. The second-order valence-electron chi connectivity index (χ2n) is 5.90. The molecule has 3 atom stereocenters. The molecule has 1 saturated heterocycles. The molecule has 0 amide bonds. The highest BCUT2D eigenvalue weighted by atomic mass is 19.1. The van der Waals surface area contributed by atoms with Crippen molar-refractivity contribution >= 4 is 0 Å². The number of halogens is 1. The van der Waals surface area contributed by atoms with Crippen molar-refractivity contribution in [2.45, 2.75) is 38.9 Å². The maximum atomic E-state index is 13.5. The van der Waals surface area contributed by atoms with Gasteiger partial charge in [-0.25, -0.2) is 4.39 Å². The summed E-state index contributed by atoms with van der Waals surface area (Å²) in [6.45, 7) is 6.17. The van der Waals surface area contributed by atoms with Crippen molar-refractivity contribution in [2.24, 2.45) is 5.92 Å². The molecule has 1 aliphatic heterocycles. The van der Waals surface area contributed by atoms with Crippen molar-refractivity contribution in [1.82, 2.24) is 4.90 Å². The summed E-state index contributed by atoms with van der Waals surface area (Å²) in [5.74, 6) is 0.0702. The Hall–Kier alpha value is -0.970. The summed E-state index contributed by atoms with van der Waals surface area (Å²) in [4.78, 5) is 2.26. The summed E-state index contributed by atoms with van der Waals surface area (Å²) in [6, 6.07) is 4.90. The molecule has 4 heteroatoms. The van der Waals surface area contributed by atoms with Gasteiger partial charge in [-0.3, -0.25) is 0 Å². The highest BCUT2D eigenvalue weighted by Gasteiger charge is 2.26. The molecule has 3 nitrogen and oxygen atoms in total. The Bertz CT molecular complexity index is 450. The number of benzene rings is 1. The van der Waals surface area contributed by atoms with Gasteiger partial charge in [0, 0.05) is 13.1 Å². The fourth-order valence-electron chi connectivity index (χ4n) is 2.75. The molecule has 0 saturated carbocycles. The molecule has 3 unspecified atom stereocenters. The molecule has 2 rings (SSSR count). The molecule has 1 aliphatic rings. The number of nitrogens with zero attached hydrogens (tertiary/aromatic N) is 1. The first kappa shape index (κ1) is 15.4. The zero-order chi connectivity index (χ0) is 14.7. The Morgan fingerprint density at radius 2 is 2.15 bits per heavy atom. The average molecular weight is 281 g/mol. The van der Waals surface area contributed by atoms with Crippen molar-refractivity contribution in [2.75, 3.05) is 19.6 Å². The third-order valence-electron chi connectivity index (χ3n) is 4.29. The lowest BCUT2D eigenvalue weighted by Crippen LogP contribution is -2.26. The Morgan fingerprint density at radius 3 is 2.75 bits per heavy atom. The van der Waals surface area contributed by atoms with Gasteiger partial charge in [-0.2, -0.15) is 0 Å². The maximum Gasteiger partial charge on any atom is 0.126 e. The van der Waals surface area contributed by atoms with Gasteiger partial charge in [0.2, 0.25) is 0 Å². The smallest absolute Gasteiger partial charge is 0.126 e. The monoisotopic (exact) mass is 281 g/mol. The first-order valence-electron chi connectivity index (χ1n) is 7.32. The summed E-state index contributed by atoms with van der Waals surface area (Å²) in [5, 5.41) is 19.7. The van der Waals surface area contributed by atoms with Gasteiger partial charge in [-0.05, 0) is 56.3 Å². The number of aliphatic hydroxyl groups excluding tert-OH is 2. The number of hydrogen-bond acceptors (Lipinski definition) is 3. The summed E-state index contributed by atoms with van der Waals surface area (Å²) in [7, 11) is 0. The molecule has 1 heterocycles. The molecule has 0 radical (unpaired) electrons. The van der Waals surface area contributed by atoms with Crippen LogP contribution in [0.2, 0.25) is 0 Å². The summed E-state index contributed by atoms with van der Waals surface area (Å²) in [5.41, 5.74) is 1.24. The summed E-state index contributed by atoms with van der Waals surface area (Å²) in [6.07, 6.45) is 0.703. The number of aryl methyl sites for hydroxylation is 1. The Morgan fingerprint density at radius 1 is 1.40 bits per heavy atom. The Labute approximate surface area is 120 Å². The van der Waals surface area contributed by atoms with Crippen LogP contribution >= 0.6 is 0 Å². The lowest BCUT2D eigenvalue weighted by molar-refractivity contribution is 0.121. The normalized spacial score (nSPS) is 22.9. The van der Waals surface area contributed by atoms with Crippen LogP contribution < -0.4 is 0 Å². The van der Waals surface area contributed by atoms with Crippen LogP contribution in [0.5, 0.6) is 0 Å². The van der Waals surface area contributed by atoms with E-state index in [2.05, 4.69) is 4.90 Å². The van der Waals surface area contributed by atoms with Crippen LogP contribution in [-0.4, -0.2) is 40.9 Å². The molecule has 1 fully saturated rings. The molecular formula is C16H24FNO2. The maximum absolute atomic E-state index is 13.5. The highest BCUT2D eigenvalue weighted by molar-refractivity contribution is 5.24. The van der Waals surface area contributed by atoms with Gasteiger partial charge in [0.05, 0.1) is 12.2 Å². The van der Waals surface area contributed by atoms with Crippen LogP contribution in [0.4, 0.5) is 4.39 Å². The van der Waals surface area contributed by atoms with Crippen LogP contribution in [0, 0.1) is 18.7 Å². The van der Waals surface area contributed by atoms with Crippen LogP contribution in [0.25, 0.3) is 0 Å². The lowest BCUT2D eigenvalue weighted by atomic mass is 10.0. The number of aliphatic hydroxyl groups is 2. The Kier molecular flexibility index (Phi) is 5.13. The average Bonchev–Trinajstić information content (AvgIpc) is 2.88. The van der Waals surface area contributed by atoms with Crippen molar-refractivity contribution < 1.29 is 14.6 Å². The number of hydrogen-bond donors (Lipinski definition) is 2. The van der Waals surface area contributed by atoms with E-state index in [1.165, 1.54) is 6.07 Å². The molecule has 2 N–H and O–H groups in total. The standard InChI is InChI=1S/C16H24FNO2/c1-11-3-4-13(9-15(11)17)16(20)6-8-18-7-5-14(10-18)12(2)19/h3-4,9,12,14,16,19-20H,5-8,10H2,1-2H3. The van der Waals surface area contributed by atoms with E-state index in [0.717, 1.165) is 26.1 Å². The van der Waals surface area contributed by atoms with Gasteiger partial charge in [0.15, 0.2) is 0 Å². The van der Waals surface area contributed by atoms with Crippen LogP contribution in [-0.2, 0) is 0 Å². The molecule has 112 valence electrons. The fourth-order valence-corrected chi connectivity index (χ4v) is 2.75. The fraction of sp³-hybridized carbons (Fsp3) is 0.625. The molecular weight excluding hydrogens is 257 g/mol. The van der Waals surface area contributed by atoms with Gasteiger partial charge in [-0.1, -0.05) is 12.1 Å². The minimum absolute atomic E-state index is 0.267. The van der Waals surface area contributed by atoms with Gasteiger partial charge in [0.1, 0.15) is 5.82 Å². The van der Waals surface area contributed by atoms with E-state index in [1.807, 2.05) is 6.92 Å². The predicted octanol–water partition coefficient (Wildman–Crippen LogP) is 2.26. The zero-order valence-corrected chi connectivity index (χ0v) is 12.2. The van der Waals surface area contributed by atoms with E-state index >= 15 is 0 Å². The Balaban J connectivity index is 1.83. The van der Waals surface area contributed by atoms with Crippen molar-refractivity contribution in [3.8, 4) is 0 Å². The van der Waals surface area contributed by atoms with E-state index in [1.54, 1.807) is 19.1 Å². The minimum Gasteiger partial charge on any atom is -0.393 e. The topological polar surface area (TPSA) is 43.7 Å². The SMILES string of the molecule is Cc1ccc(C(O)CCN2CCC(C(C)O)C2)cc1F. The summed E-state index contributed by atoms with van der Waals surface area (Å²) >= 11 is 0. The van der Waals surface area contributed by atoms with E-state index in [4.69, 9.17) is 0 Å².